The van der Waals surface area contributed by atoms with Gasteiger partial charge in [0.25, 0.3) is 0 Å². The van der Waals surface area contributed by atoms with E-state index in [0.29, 0.717) is 13.1 Å². The van der Waals surface area contributed by atoms with Crippen LogP contribution in [-0.4, -0.2) is 39.3 Å². The average Bonchev–Trinajstić information content (AvgIpc) is 2.87. The van der Waals surface area contributed by atoms with Crippen LogP contribution in [-0.2, 0) is 6.54 Å². The molecule has 0 aliphatic rings. The van der Waals surface area contributed by atoms with Crippen LogP contribution in [0.25, 0.3) is 10.9 Å². The molecule has 126 valence electrons. The van der Waals surface area contributed by atoms with Gasteiger partial charge in [-0.25, -0.2) is 4.79 Å². The molecule has 1 aromatic heterocycles. The van der Waals surface area contributed by atoms with E-state index >= 15 is 0 Å². The van der Waals surface area contributed by atoms with Gasteiger partial charge >= 0.3 is 6.03 Å². The van der Waals surface area contributed by atoms with Gasteiger partial charge in [0.1, 0.15) is 0 Å². The summed E-state index contributed by atoms with van der Waals surface area (Å²) < 4.78 is 2.19. The van der Waals surface area contributed by atoms with E-state index in [9.17, 15) is 9.90 Å². The van der Waals surface area contributed by atoms with Crippen LogP contribution < -0.4 is 5.32 Å². The first-order valence-corrected chi connectivity index (χ1v) is 8.21. The number of rotatable bonds is 6. The van der Waals surface area contributed by atoms with Crippen molar-refractivity contribution >= 4 is 22.6 Å². The highest BCUT2D eigenvalue weighted by atomic mass is 16.3. The zero-order valence-electron chi connectivity index (χ0n) is 14.5. The summed E-state index contributed by atoms with van der Waals surface area (Å²) >= 11 is 0. The van der Waals surface area contributed by atoms with Crippen LogP contribution in [0.2, 0.25) is 0 Å². The summed E-state index contributed by atoms with van der Waals surface area (Å²) in [5.41, 5.74) is 0.982. The van der Waals surface area contributed by atoms with E-state index in [0.717, 1.165) is 24.2 Å². The predicted molar refractivity (Wildman–Crippen MR) is 94.8 cm³/mol. The molecule has 5 nitrogen and oxygen atoms in total. The summed E-state index contributed by atoms with van der Waals surface area (Å²) in [6.45, 7) is 9.25. The fourth-order valence-corrected chi connectivity index (χ4v) is 2.69. The number of anilines is 1. The van der Waals surface area contributed by atoms with Crippen LogP contribution in [0.15, 0.2) is 30.5 Å². The minimum Gasteiger partial charge on any atom is -0.389 e. The van der Waals surface area contributed by atoms with E-state index in [2.05, 4.69) is 29.1 Å². The lowest BCUT2D eigenvalue weighted by Gasteiger charge is -2.28. The summed E-state index contributed by atoms with van der Waals surface area (Å²) in [5, 5.41) is 14.0. The molecule has 2 rings (SSSR count). The molecule has 1 heterocycles. The van der Waals surface area contributed by atoms with E-state index in [1.54, 1.807) is 18.7 Å². The van der Waals surface area contributed by atoms with E-state index in [1.165, 1.54) is 5.39 Å². The minimum atomic E-state index is -0.910. The second-order valence-corrected chi connectivity index (χ2v) is 6.54. The number of urea groups is 1. The minimum absolute atomic E-state index is 0.192. The maximum Gasteiger partial charge on any atom is 0.321 e. The van der Waals surface area contributed by atoms with Gasteiger partial charge in [-0.3, -0.25) is 0 Å². The summed E-state index contributed by atoms with van der Waals surface area (Å²) in [6, 6.07) is 7.82. The first kappa shape index (κ1) is 17.3. The normalized spacial score (nSPS) is 11.7. The molecule has 2 aromatic rings. The number of hydrogen-bond acceptors (Lipinski definition) is 2. The average molecular weight is 317 g/mol. The molecule has 0 saturated heterocycles. The standard InChI is InChI=1S/C18H27N3O2/c1-5-10-21-11-9-14-7-8-15(12-16(14)21)19-17(22)20(6-2)13-18(3,4)23/h7-9,11-12,23H,5-6,10,13H2,1-4H3,(H,19,22). The molecule has 0 aliphatic carbocycles. The second kappa shape index (κ2) is 7.04. The SMILES string of the molecule is CCCn1ccc2ccc(NC(=O)N(CC)CC(C)(C)O)cc21. The number of likely N-dealkylation sites (N-methyl/N-ethyl adjacent to an activating group) is 1. The Morgan fingerprint density at radius 3 is 2.65 bits per heavy atom. The predicted octanol–water partition coefficient (Wildman–Crippen LogP) is 3.68. The highest BCUT2D eigenvalue weighted by molar-refractivity contribution is 5.92. The zero-order valence-corrected chi connectivity index (χ0v) is 14.5. The number of benzene rings is 1. The molecular weight excluding hydrogens is 290 g/mol. The largest absolute Gasteiger partial charge is 0.389 e. The third-order valence-corrected chi connectivity index (χ3v) is 3.74. The zero-order chi connectivity index (χ0) is 17.0. The topological polar surface area (TPSA) is 57.5 Å². The smallest absolute Gasteiger partial charge is 0.321 e. The van der Waals surface area contributed by atoms with Crippen LogP contribution in [0.1, 0.15) is 34.1 Å². The van der Waals surface area contributed by atoms with Gasteiger partial charge in [-0.05, 0) is 50.8 Å². The monoisotopic (exact) mass is 317 g/mol. The molecule has 0 fully saturated rings. The fraction of sp³-hybridized carbons (Fsp3) is 0.500. The lowest BCUT2D eigenvalue weighted by molar-refractivity contribution is 0.0501. The van der Waals surface area contributed by atoms with Gasteiger partial charge in [-0.2, -0.15) is 0 Å². The van der Waals surface area contributed by atoms with Crippen LogP contribution in [0, 0.1) is 0 Å². The number of aliphatic hydroxyl groups is 1. The van der Waals surface area contributed by atoms with Crippen LogP contribution in [0.5, 0.6) is 0 Å². The van der Waals surface area contributed by atoms with Gasteiger partial charge < -0.3 is 19.9 Å². The molecule has 1 aromatic carbocycles. The third kappa shape index (κ3) is 4.48. The van der Waals surface area contributed by atoms with Crippen molar-refractivity contribution in [2.75, 3.05) is 18.4 Å². The van der Waals surface area contributed by atoms with Gasteiger partial charge in [0.15, 0.2) is 0 Å². The summed E-state index contributed by atoms with van der Waals surface area (Å²) in [7, 11) is 0. The van der Waals surface area contributed by atoms with E-state index in [-0.39, 0.29) is 6.03 Å². The second-order valence-electron chi connectivity index (χ2n) is 6.54. The highest BCUT2D eigenvalue weighted by Crippen LogP contribution is 2.21. The van der Waals surface area contributed by atoms with Crippen LogP contribution >= 0.6 is 0 Å². The van der Waals surface area contributed by atoms with Crippen molar-refractivity contribution in [3.05, 3.63) is 30.5 Å². The van der Waals surface area contributed by atoms with Gasteiger partial charge in [-0.1, -0.05) is 13.0 Å². The maximum absolute atomic E-state index is 12.4. The van der Waals surface area contributed by atoms with Crippen molar-refractivity contribution in [1.82, 2.24) is 9.47 Å². The Labute approximate surface area is 137 Å². The lowest BCUT2D eigenvalue weighted by atomic mass is 10.1. The number of carbonyl (C=O) groups excluding carboxylic acids is 1. The Kier molecular flexibility index (Phi) is 5.31. The Morgan fingerprint density at radius 2 is 2.04 bits per heavy atom. The Hall–Kier alpha value is -2.01. The molecule has 2 amide bonds. The Balaban J connectivity index is 2.16. The summed E-state index contributed by atoms with van der Waals surface area (Å²) in [5.74, 6) is 0. The van der Waals surface area contributed by atoms with Crippen LogP contribution in [0.3, 0.4) is 0 Å². The molecule has 2 N–H and O–H groups in total. The number of amides is 2. The van der Waals surface area contributed by atoms with E-state index in [4.69, 9.17) is 0 Å². The number of fused-ring (bicyclic) bond motifs is 1. The van der Waals surface area contributed by atoms with Gasteiger partial charge in [0, 0.05) is 25.0 Å². The number of carbonyl (C=O) groups is 1. The van der Waals surface area contributed by atoms with Crippen molar-refractivity contribution in [3.63, 3.8) is 0 Å². The Bertz CT molecular complexity index is 670. The number of aryl methyl sites for hydroxylation is 1. The lowest BCUT2D eigenvalue weighted by Crippen LogP contribution is -2.44. The summed E-state index contributed by atoms with van der Waals surface area (Å²) in [6.07, 6.45) is 3.14. The quantitative estimate of drug-likeness (QED) is 0.854. The first-order valence-electron chi connectivity index (χ1n) is 8.21. The molecule has 5 heteroatoms. The van der Waals surface area contributed by atoms with E-state index < -0.39 is 5.60 Å². The molecule has 0 bridgehead atoms. The number of nitrogens with zero attached hydrogens (tertiary/aromatic N) is 2. The van der Waals surface area contributed by atoms with Crippen molar-refractivity contribution < 1.29 is 9.90 Å². The molecular formula is C18H27N3O2. The molecule has 0 saturated carbocycles. The van der Waals surface area contributed by atoms with Crippen molar-refractivity contribution in [1.29, 1.82) is 0 Å². The molecule has 0 atom stereocenters. The molecule has 0 aliphatic heterocycles. The molecule has 0 radical (unpaired) electrons. The van der Waals surface area contributed by atoms with Crippen molar-refractivity contribution in [3.8, 4) is 0 Å². The Morgan fingerprint density at radius 1 is 1.30 bits per heavy atom. The molecule has 0 spiro atoms. The molecule has 0 unspecified atom stereocenters. The fourth-order valence-electron chi connectivity index (χ4n) is 2.69. The summed E-state index contributed by atoms with van der Waals surface area (Å²) in [4.78, 5) is 14.0. The third-order valence-electron chi connectivity index (χ3n) is 3.74. The van der Waals surface area contributed by atoms with E-state index in [1.807, 2.05) is 25.1 Å². The molecule has 23 heavy (non-hydrogen) atoms. The number of hydrogen-bond donors (Lipinski definition) is 2. The van der Waals surface area contributed by atoms with Crippen LogP contribution in [0.4, 0.5) is 10.5 Å². The van der Waals surface area contributed by atoms with Crippen molar-refractivity contribution in [2.24, 2.45) is 0 Å². The van der Waals surface area contributed by atoms with Crippen molar-refractivity contribution in [2.45, 2.75) is 46.3 Å². The highest BCUT2D eigenvalue weighted by Gasteiger charge is 2.21. The maximum atomic E-state index is 12.4. The van der Waals surface area contributed by atoms with Gasteiger partial charge in [0.2, 0.25) is 0 Å². The first-order chi connectivity index (χ1) is 10.8. The number of nitrogens with one attached hydrogen (secondary N) is 1. The van der Waals surface area contributed by atoms with Gasteiger partial charge in [-0.15, -0.1) is 0 Å². The van der Waals surface area contributed by atoms with Gasteiger partial charge in [0.05, 0.1) is 17.7 Å². The number of aromatic nitrogens is 1.